The van der Waals surface area contributed by atoms with Crippen molar-refractivity contribution in [1.82, 2.24) is 5.32 Å². The first-order chi connectivity index (χ1) is 10.1. The van der Waals surface area contributed by atoms with E-state index < -0.39 is 6.10 Å². The highest BCUT2D eigenvalue weighted by molar-refractivity contribution is 5.28. The molecule has 1 aromatic rings. The van der Waals surface area contributed by atoms with E-state index in [1.165, 1.54) is 5.56 Å². The van der Waals surface area contributed by atoms with Crippen molar-refractivity contribution in [3.8, 4) is 5.75 Å². The first-order valence-electron chi connectivity index (χ1n) is 7.68. The van der Waals surface area contributed by atoms with Gasteiger partial charge in [-0.15, -0.1) is 0 Å². The zero-order chi connectivity index (χ0) is 15.7. The van der Waals surface area contributed by atoms with Gasteiger partial charge in [-0.2, -0.15) is 0 Å². The Bertz CT molecular complexity index is 395. The van der Waals surface area contributed by atoms with Crippen molar-refractivity contribution >= 4 is 0 Å². The van der Waals surface area contributed by atoms with Gasteiger partial charge in [-0.3, -0.25) is 0 Å². The largest absolute Gasteiger partial charge is 0.491 e. The van der Waals surface area contributed by atoms with Gasteiger partial charge in [0.25, 0.3) is 0 Å². The molecule has 21 heavy (non-hydrogen) atoms. The summed E-state index contributed by atoms with van der Waals surface area (Å²) in [5.41, 5.74) is 1.24. The third-order valence-corrected chi connectivity index (χ3v) is 3.52. The number of hydrogen-bond acceptors (Lipinski definition) is 4. The van der Waals surface area contributed by atoms with E-state index in [1.54, 1.807) is 7.11 Å². The third-order valence-electron chi connectivity index (χ3n) is 3.52. The van der Waals surface area contributed by atoms with Crippen molar-refractivity contribution in [3.05, 3.63) is 29.8 Å². The van der Waals surface area contributed by atoms with Gasteiger partial charge >= 0.3 is 0 Å². The summed E-state index contributed by atoms with van der Waals surface area (Å²) in [7, 11) is 1.69. The highest BCUT2D eigenvalue weighted by Gasteiger charge is 2.14. The van der Waals surface area contributed by atoms with Gasteiger partial charge in [-0.25, -0.2) is 0 Å². The molecule has 2 unspecified atom stereocenters. The molecule has 2 N–H and O–H groups in total. The Morgan fingerprint density at radius 2 is 2.00 bits per heavy atom. The fourth-order valence-electron chi connectivity index (χ4n) is 2.06. The monoisotopic (exact) mass is 295 g/mol. The Hall–Kier alpha value is -1.10. The first-order valence-corrected chi connectivity index (χ1v) is 7.68. The number of rotatable bonds is 10. The molecule has 0 aliphatic rings. The molecule has 0 aliphatic heterocycles. The minimum absolute atomic E-state index is 0.244. The minimum atomic E-state index is -0.534. The Morgan fingerprint density at radius 3 is 2.62 bits per heavy atom. The number of aryl methyl sites for hydroxylation is 1. The fraction of sp³-hybridized carbons (Fsp3) is 0.647. The molecule has 0 bridgehead atoms. The van der Waals surface area contributed by atoms with Gasteiger partial charge in [0.2, 0.25) is 0 Å². The molecule has 0 aromatic heterocycles. The van der Waals surface area contributed by atoms with Gasteiger partial charge < -0.3 is 19.9 Å². The molecule has 0 spiro atoms. The van der Waals surface area contributed by atoms with Crippen LogP contribution in [0.15, 0.2) is 24.3 Å². The molecule has 4 heteroatoms. The van der Waals surface area contributed by atoms with Crippen molar-refractivity contribution in [2.45, 2.75) is 39.3 Å². The molecule has 0 amide bonds. The average molecular weight is 295 g/mol. The van der Waals surface area contributed by atoms with E-state index in [4.69, 9.17) is 9.47 Å². The van der Waals surface area contributed by atoms with Gasteiger partial charge in [-0.1, -0.05) is 32.9 Å². The number of methoxy groups -OCH3 is 1. The zero-order valence-electron chi connectivity index (χ0n) is 13.6. The Balaban J connectivity index is 2.34. The van der Waals surface area contributed by atoms with Crippen LogP contribution in [0.25, 0.3) is 0 Å². The predicted octanol–water partition coefficient (Wildman–Crippen LogP) is 2.25. The van der Waals surface area contributed by atoms with Crippen LogP contribution in [-0.2, 0) is 11.2 Å². The number of aliphatic hydroxyl groups is 1. The summed E-state index contributed by atoms with van der Waals surface area (Å²) in [6.45, 7) is 7.81. The van der Waals surface area contributed by atoms with E-state index >= 15 is 0 Å². The molecule has 0 radical (unpaired) electrons. The Labute approximate surface area is 128 Å². The van der Waals surface area contributed by atoms with Crippen molar-refractivity contribution in [2.24, 2.45) is 5.92 Å². The zero-order valence-corrected chi connectivity index (χ0v) is 13.6. The quantitative estimate of drug-likeness (QED) is 0.695. The third kappa shape index (κ3) is 6.93. The van der Waals surface area contributed by atoms with Crippen LogP contribution in [0.2, 0.25) is 0 Å². The lowest BCUT2D eigenvalue weighted by Gasteiger charge is -2.23. The van der Waals surface area contributed by atoms with Crippen molar-refractivity contribution < 1.29 is 14.6 Å². The first kappa shape index (κ1) is 18.0. The topological polar surface area (TPSA) is 50.7 Å². The molecule has 1 aromatic carbocycles. The molecule has 0 saturated heterocycles. The summed E-state index contributed by atoms with van der Waals surface area (Å²) >= 11 is 0. The van der Waals surface area contributed by atoms with Crippen LogP contribution in [0.4, 0.5) is 0 Å². The summed E-state index contributed by atoms with van der Waals surface area (Å²) < 4.78 is 10.8. The highest BCUT2D eigenvalue weighted by atomic mass is 16.5. The van der Waals surface area contributed by atoms with E-state index in [0.29, 0.717) is 19.1 Å². The maximum absolute atomic E-state index is 10.0. The maximum Gasteiger partial charge on any atom is 0.119 e. The van der Waals surface area contributed by atoms with E-state index in [-0.39, 0.29) is 12.6 Å². The lowest BCUT2D eigenvalue weighted by Crippen LogP contribution is -2.43. The molecule has 0 saturated carbocycles. The molecule has 1 rings (SSSR count). The van der Waals surface area contributed by atoms with Crippen LogP contribution in [-0.4, -0.2) is 44.1 Å². The normalized spacial score (nSPS) is 14.2. The summed E-state index contributed by atoms with van der Waals surface area (Å²) in [6, 6.07) is 8.23. The number of nitrogens with one attached hydrogen (secondary N) is 1. The van der Waals surface area contributed by atoms with Crippen molar-refractivity contribution in [1.29, 1.82) is 0 Å². The number of ether oxygens (including phenoxy) is 2. The smallest absolute Gasteiger partial charge is 0.119 e. The van der Waals surface area contributed by atoms with Crippen molar-refractivity contribution in [3.63, 3.8) is 0 Å². The average Bonchev–Trinajstić information content (AvgIpc) is 2.49. The minimum Gasteiger partial charge on any atom is -0.491 e. The second kappa shape index (κ2) is 9.77. The Kier molecular flexibility index (Phi) is 8.35. The summed E-state index contributed by atoms with van der Waals surface area (Å²) in [5, 5.41) is 13.3. The molecule has 0 fully saturated rings. The van der Waals surface area contributed by atoms with Crippen LogP contribution in [0.3, 0.4) is 0 Å². The summed E-state index contributed by atoms with van der Waals surface area (Å²) in [4.78, 5) is 0. The fourth-order valence-corrected chi connectivity index (χ4v) is 2.06. The predicted molar refractivity (Wildman–Crippen MR) is 85.8 cm³/mol. The lowest BCUT2D eigenvalue weighted by atomic mass is 10.1. The second-order valence-electron chi connectivity index (χ2n) is 5.68. The van der Waals surface area contributed by atoms with Crippen LogP contribution in [0, 0.1) is 5.92 Å². The lowest BCUT2D eigenvalue weighted by molar-refractivity contribution is 0.0901. The standard InChI is InChI=1S/C17H29NO3/c1-5-14-7-6-8-16(9-14)21-11-15(19)10-18-17(12-20-4)13(2)3/h6-9,13,15,17-19H,5,10-12H2,1-4H3. The van der Waals surface area contributed by atoms with Crippen LogP contribution in [0.5, 0.6) is 5.75 Å². The number of aliphatic hydroxyl groups excluding tert-OH is 1. The molecular formula is C17H29NO3. The highest BCUT2D eigenvalue weighted by Crippen LogP contribution is 2.13. The maximum atomic E-state index is 10.0. The van der Waals surface area contributed by atoms with Crippen LogP contribution < -0.4 is 10.1 Å². The van der Waals surface area contributed by atoms with Gasteiger partial charge in [0.05, 0.1) is 6.61 Å². The van der Waals surface area contributed by atoms with E-state index in [2.05, 4.69) is 32.2 Å². The molecular weight excluding hydrogens is 266 g/mol. The van der Waals surface area contributed by atoms with E-state index in [0.717, 1.165) is 12.2 Å². The van der Waals surface area contributed by atoms with E-state index in [1.807, 2.05) is 18.2 Å². The number of benzene rings is 1. The van der Waals surface area contributed by atoms with Gasteiger partial charge in [0.1, 0.15) is 18.5 Å². The van der Waals surface area contributed by atoms with Gasteiger partial charge in [0, 0.05) is 19.7 Å². The van der Waals surface area contributed by atoms with Crippen LogP contribution in [0.1, 0.15) is 26.3 Å². The number of hydrogen-bond donors (Lipinski definition) is 2. The van der Waals surface area contributed by atoms with Gasteiger partial charge in [0.15, 0.2) is 0 Å². The van der Waals surface area contributed by atoms with Gasteiger partial charge in [-0.05, 0) is 30.0 Å². The van der Waals surface area contributed by atoms with Crippen LogP contribution >= 0.6 is 0 Å². The summed E-state index contributed by atoms with van der Waals surface area (Å²) in [5.74, 6) is 1.27. The molecule has 0 aliphatic carbocycles. The molecule has 4 nitrogen and oxygen atoms in total. The molecule has 2 atom stereocenters. The second-order valence-corrected chi connectivity index (χ2v) is 5.68. The van der Waals surface area contributed by atoms with Crippen molar-refractivity contribution in [2.75, 3.05) is 26.9 Å². The molecule has 120 valence electrons. The summed E-state index contributed by atoms with van der Waals surface area (Å²) in [6.07, 6.45) is 0.447. The Morgan fingerprint density at radius 1 is 1.24 bits per heavy atom. The molecule has 0 heterocycles. The SMILES string of the molecule is CCc1cccc(OCC(O)CNC(COC)C(C)C)c1. The van der Waals surface area contributed by atoms with E-state index in [9.17, 15) is 5.11 Å².